The van der Waals surface area contributed by atoms with Gasteiger partial charge in [0.1, 0.15) is 22.3 Å². The van der Waals surface area contributed by atoms with E-state index in [0.29, 0.717) is 5.56 Å². The van der Waals surface area contributed by atoms with E-state index in [2.05, 4.69) is 37.5 Å². The summed E-state index contributed by atoms with van der Waals surface area (Å²) in [7, 11) is 0. The Kier molecular flexibility index (Phi) is 5.74. The molecule has 7 nitrogen and oxygen atoms in total. The predicted molar refractivity (Wildman–Crippen MR) is 122 cm³/mol. The van der Waals surface area contributed by atoms with Gasteiger partial charge in [0.05, 0.1) is 5.56 Å². The van der Waals surface area contributed by atoms with E-state index in [9.17, 15) is 8.78 Å². The van der Waals surface area contributed by atoms with Crippen molar-refractivity contribution in [3.05, 3.63) is 70.9 Å². The molecule has 2 N–H and O–H groups in total. The molecule has 0 aliphatic carbocycles. The lowest BCUT2D eigenvalue weighted by Gasteiger charge is -2.15. The van der Waals surface area contributed by atoms with Crippen LogP contribution in [0.1, 0.15) is 18.4 Å². The average molecular weight is 468 g/mol. The Balaban J connectivity index is 1.50. The molecule has 2 aromatic heterocycles. The van der Waals surface area contributed by atoms with E-state index in [0.717, 1.165) is 47.6 Å². The van der Waals surface area contributed by atoms with Crippen LogP contribution in [0.15, 0.2) is 48.7 Å². The minimum absolute atomic E-state index is 0.0962. The summed E-state index contributed by atoms with van der Waals surface area (Å²) >= 11 is 6.01. The molecule has 10 heteroatoms. The van der Waals surface area contributed by atoms with E-state index < -0.39 is 16.7 Å². The van der Waals surface area contributed by atoms with Crippen LogP contribution in [0.25, 0.3) is 28.2 Å². The van der Waals surface area contributed by atoms with E-state index in [1.54, 1.807) is 12.3 Å². The number of rotatable bonds is 5. The van der Waals surface area contributed by atoms with E-state index in [1.165, 1.54) is 18.4 Å². The highest BCUT2D eigenvalue weighted by Gasteiger charge is 2.22. The minimum Gasteiger partial charge on any atom is -0.383 e. The van der Waals surface area contributed by atoms with Crippen molar-refractivity contribution in [1.29, 1.82) is 0 Å². The van der Waals surface area contributed by atoms with Crippen molar-refractivity contribution in [2.75, 3.05) is 18.8 Å². The van der Waals surface area contributed by atoms with Crippen LogP contribution in [0.3, 0.4) is 0 Å². The zero-order chi connectivity index (χ0) is 22.9. The average Bonchev–Trinajstić information content (AvgIpc) is 3.50. The summed E-state index contributed by atoms with van der Waals surface area (Å²) in [6.45, 7) is 3.20. The molecule has 4 aromatic rings. The molecule has 3 heterocycles. The Morgan fingerprint density at radius 3 is 2.45 bits per heavy atom. The second-order valence-electron chi connectivity index (χ2n) is 7.94. The number of tetrazole rings is 1. The van der Waals surface area contributed by atoms with Crippen LogP contribution < -0.4 is 5.73 Å². The van der Waals surface area contributed by atoms with E-state index in [-0.39, 0.29) is 17.3 Å². The van der Waals surface area contributed by atoms with Crippen molar-refractivity contribution in [2.45, 2.75) is 19.4 Å². The summed E-state index contributed by atoms with van der Waals surface area (Å²) in [5, 5.41) is 11.0. The third kappa shape index (κ3) is 4.17. The van der Waals surface area contributed by atoms with Crippen LogP contribution in [0, 0.1) is 11.6 Å². The SMILES string of the molecule is Nc1ncc(-c2ccc(CN3CCCC3)cc2)cc1-c1nnnn1-c1c(F)ccc(F)c1Cl. The van der Waals surface area contributed by atoms with Gasteiger partial charge in [-0.15, -0.1) is 5.10 Å². The molecular weight excluding hydrogens is 448 g/mol. The van der Waals surface area contributed by atoms with Crippen LogP contribution in [0.2, 0.25) is 5.02 Å². The number of anilines is 1. The van der Waals surface area contributed by atoms with Crippen molar-refractivity contribution < 1.29 is 8.78 Å². The van der Waals surface area contributed by atoms with Gasteiger partial charge >= 0.3 is 0 Å². The molecule has 0 spiro atoms. The summed E-state index contributed by atoms with van der Waals surface area (Å²) in [6.07, 6.45) is 4.16. The lowest BCUT2D eigenvalue weighted by atomic mass is 10.0. The Hall–Kier alpha value is -3.43. The topological polar surface area (TPSA) is 85.8 Å². The number of hydrogen-bond acceptors (Lipinski definition) is 6. The molecule has 0 radical (unpaired) electrons. The first-order valence-electron chi connectivity index (χ1n) is 10.5. The molecule has 1 aliphatic rings. The third-order valence-electron chi connectivity index (χ3n) is 5.75. The number of halogens is 3. The van der Waals surface area contributed by atoms with Crippen LogP contribution in [0.4, 0.5) is 14.6 Å². The van der Waals surface area contributed by atoms with Gasteiger partial charge in [-0.25, -0.2) is 13.8 Å². The van der Waals surface area contributed by atoms with E-state index >= 15 is 0 Å². The molecule has 0 bridgehead atoms. The number of benzene rings is 2. The molecule has 1 saturated heterocycles. The van der Waals surface area contributed by atoms with Gasteiger partial charge in [0.25, 0.3) is 0 Å². The fourth-order valence-corrected chi connectivity index (χ4v) is 4.26. The lowest BCUT2D eigenvalue weighted by Crippen LogP contribution is -2.18. The quantitative estimate of drug-likeness (QED) is 0.435. The first-order chi connectivity index (χ1) is 16.0. The highest BCUT2D eigenvalue weighted by molar-refractivity contribution is 6.32. The second-order valence-corrected chi connectivity index (χ2v) is 8.32. The predicted octanol–water partition coefficient (Wildman–Crippen LogP) is 4.50. The molecule has 168 valence electrons. The fourth-order valence-electron chi connectivity index (χ4n) is 4.03. The highest BCUT2D eigenvalue weighted by Crippen LogP contribution is 2.33. The summed E-state index contributed by atoms with van der Waals surface area (Å²) in [6, 6.07) is 11.9. The number of pyridine rings is 1. The van der Waals surface area contributed by atoms with Crippen LogP contribution in [-0.2, 0) is 6.54 Å². The number of nitrogens with two attached hydrogens (primary N) is 1. The maximum absolute atomic E-state index is 14.5. The van der Waals surface area contributed by atoms with Crippen molar-refractivity contribution in [1.82, 2.24) is 30.1 Å². The van der Waals surface area contributed by atoms with Crippen molar-refractivity contribution in [3.8, 4) is 28.2 Å². The fraction of sp³-hybridized carbons (Fsp3) is 0.217. The summed E-state index contributed by atoms with van der Waals surface area (Å²) in [5.74, 6) is -1.32. The first-order valence-corrected chi connectivity index (χ1v) is 10.9. The molecular formula is C23H20ClF2N7. The van der Waals surface area contributed by atoms with Crippen molar-refractivity contribution in [2.24, 2.45) is 0 Å². The van der Waals surface area contributed by atoms with Gasteiger partial charge in [-0.05, 0) is 65.7 Å². The second kappa shape index (κ2) is 8.84. The van der Waals surface area contributed by atoms with E-state index in [4.69, 9.17) is 17.3 Å². The van der Waals surface area contributed by atoms with Gasteiger partial charge in [0.15, 0.2) is 11.6 Å². The van der Waals surface area contributed by atoms with Gasteiger partial charge in [0.2, 0.25) is 0 Å². The molecule has 2 aromatic carbocycles. The number of hydrogen-bond donors (Lipinski definition) is 1. The molecule has 0 atom stereocenters. The smallest absolute Gasteiger partial charge is 0.191 e. The molecule has 1 fully saturated rings. The van der Waals surface area contributed by atoms with Crippen LogP contribution in [0.5, 0.6) is 0 Å². The van der Waals surface area contributed by atoms with E-state index in [1.807, 2.05) is 12.1 Å². The number of nitrogen functional groups attached to an aromatic ring is 1. The minimum atomic E-state index is -0.789. The number of aromatic nitrogens is 5. The third-order valence-corrected chi connectivity index (χ3v) is 6.11. The molecule has 0 amide bonds. The Morgan fingerprint density at radius 1 is 0.970 bits per heavy atom. The van der Waals surface area contributed by atoms with Crippen molar-refractivity contribution >= 4 is 17.4 Å². The Morgan fingerprint density at radius 2 is 1.70 bits per heavy atom. The molecule has 5 rings (SSSR count). The van der Waals surface area contributed by atoms with Crippen LogP contribution >= 0.6 is 11.6 Å². The Labute approximate surface area is 193 Å². The van der Waals surface area contributed by atoms with Gasteiger partial charge in [0, 0.05) is 18.3 Å². The maximum Gasteiger partial charge on any atom is 0.191 e. The molecule has 0 saturated carbocycles. The highest BCUT2D eigenvalue weighted by atomic mass is 35.5. The summed E-state index contributed by atoms with van der Waals surface area (Å²) in [4.78, 5) is 6.71. The monoisotopic (exact) mass is 467 g/mol. The molecule has 0 unspecified atom stereocenters. The van der Waals surface area contributed by atoms with Gasteiger partial charge in [-0.2, -0.15) is 4.68 Å². The zero-order valence-corrected chi connectivity index (χ0v) is 18.3. The molecule has 33 heavy (non-hydrogen) atoms. The van der Waals surface area contributed by atoms with Gasteiger partial charge in [-0.3, -0.25) is 4.90 Å². The Bertz CT molecular complexity index is 1300. The summed E-state index contributed by atoms with van der Waals surface area (Å²) < 4.78 is 29.5. The molecule has 1 aliphatic heterocycles. The maximum atomic E-state index is 14.5. The largest absolute Gasteiger partial charge is 0.383 e. The van der Waals surface area contributed by atoms with Gasteiger partial charge in [-0.1, -0.05) is 35.9 Å². The van der Waals surface area contributed by atoms with Gasteiger partial charge < -0.3 is 5.73 Å². The van der Waals surface area contributed by atoms with Crippen LogP contribution in [-0.4, -0.2) is 43.2 Å². The van der Waals surface area contributed by atoms with Crippen molar-refractivity contribution in [3.63, 3.8) is 0 Å². The number of nitrogens with zero attached hydrogens (tertiary/aromatic N) is 6. The lowest BCUT2D eigenvalue weighted by molar-refractivity contribution is 0.331. The number of likely N-dealkylation sites (tertiary alicyclic amines) is 1. The zero-order valence-electron chi connectivity index (χ0n) is 17.5. The standard InChI is InChI=1S/C23H20ClF2N7/c24-20-18(25)7-8-19(26)21(20)33-23(29-30-31-33)17-11-16(12-28-22(17)27)15-5-3-14(4-6-15)13-32-9-1-2-10-32/h3-8,11-12H,1-2,9-10,13H2,(H2,27,28). The first kappa shape index (κ1) is 21.4. The normalized spacial score (nSPS) is 14.2. The summed E-state index contributed by atoms with van der Waals surface area (Å²) in [5.41, 5.74) is 9.13.